The van der Waals surface area contributed by atoms with Gasteiger partial charge >= 0.3 is 0 Å². The van der Waals surface area contributed by atoms with Gasteiger partial charge in [0.05, 0.1) is 0 Å². The first-order chi connectivity index (χ1) is 25.2. The molecule has 0 aliphatic rings. The third kappa shape index (κ3) is 5.13. The van der Waals surface area contributed by atoms with Crippen LogP contribution in [0.5, 0.6) is 0 Å². The van der Waals surface area contributed by atoms with Crippen LogP contribution in [0.3, 0.4) is 0 Å². The van der Waals surface area contributed by atoms with Crippen molar-refractivity contribution in [3.63, 3.8) is 0 Å². The van der Waals surface area contributed by atoms with Gasteiger partial charge in [0.15, 0.2) is 17.5 Å². The Balaban J connectivity index is 1.09. The Morgan fingerprint density at radius 1 is 0.314 bits per heavy atom. The van der Waals surface area contributed by atoms with E-state index in [0.29, 0.717) is 17.5 Å². The highest BCUT2D eigenvalue weighted by Gasteiger charge is 2.18. The predicted octanol–water partition coefficient (Wildman–Crippen LogP) is 12.4. The second-order valence-electron chi connectivity index (χ2n) is 12.8. The molecule has 4 nitrogen and oxygen atoms in total. The van der Waals surface area contributed by atoms with Crippen LogP contribution in [0.2, 0.25) is 0 Å². The van der Waals surface area contributed by atoms with Crippen molar-refractivity contribution < 1.29 is 4.42 Å². The number of hydrogen-bond acceptors (Lipinski definition) is 4. The summed E-state index contributed by atoms with van der Waals surface area (Å²) in [4.78, 5) is 15.0. The zero-order chi connectivity index (χ0) is 33.7. The van der Waals surface area contributed by atoms with Crippen molar-refractivity contribution in [2.45, 2.75) is 0 Å². The fourth-order valence-electron chi connectivity index (χ4n) is 7.19. The maximum absolute atomic E-state index is 6.42. The Bertz CT molecular complexity index is 2850. The molecule has 0 saturated heterocycles. The topological polar surface area (TPSA) is 51.8 Å². The van der Waals surface area contributed by atoms with E-state index in [1.807, 2.05) is 72.8 Å². The highest BCUT2D eigenvalue weighted by atomic mass is 16.3. The average Bonchev–Trinajstić information content (AvgIpc) is 3.59. The number of aromatic nitrogens is 3. The first kappa shape index (κ1) is 29.0. The van der Waals surface area contributed by atoms with Gasteiger partial charge in [-0.25, -0.2) is 15.0 Å². The normalized spacial score (nSPS) is 11.5. The van der Waals surface area contributed by atoms with Gasteiger partial charge < -0.3 is 4.42 Å². The predicted molar refractivity (Wildman–Crippen MR) is 209 cm³/mol. The second-order valence-corrected chi connectivity index (χ2v) is 12.8. The zero-order valence-electron chi connectivity index (χ0n) is 27.5. The van der Waals surface area contributed by atoms with Crippen molar-refractivity contribution in [2.75, 3.05) is 0 Å². The molecule has 0 radical (unpaired) electrons. The van der Waals surface area contributed by atoms with E-state index < -0.39 is 0 Å². The van der Waals surface area contributed by atoms with E-state index in [2.05, 4.69) is 103 Å². The van der Waals surface area contributed by atoms with Gasteiger partial charge in [-0.05, 0) is 74.1 Å². The minimum absolute atomic E-state index is 0.606. The van der Waals surface area contributed by atoms with Crippen LogP contribution in [0.15, 0.2) is 180 Å². The van der Waals surface area contributed by atoms with E-state index in [0.717, 1.165) is 49.8 Å². The van der Waals surface area contributed by atoms with Gasteiger partial charge in [0.1, 0.15) is 11.2 Å². The number of fused-ring (bicyclic) bond motifs is 5. The molecule has 0 N–H and O–H groups in total. The lowest BCUT2D eigenvalue weighted by Crippen LogP contribution is -2.00. The van der Waals surface area contributed by atoms with Crippen molar-refractivity contribution in [1.82, 2.24) is 15.0 Å². The fourth-order valence-corrected chi connectivity index (χ4v) is 7.19. The molecule has 238 valence electrons. The Hall–Kier alpha value is -6.91. The third-order valence-electron chi connectivity index (χ3n) is 9.71. The SMILES string of the molecule is c1ccc(-c2nc(-c3ccccc3)nc(-c3cccc4oc5ccc(-c6ccc7cc(-c8cccc9ccccc89)ccc7c6)cc5c34)n2)cc1. The summed E-state index contributed by atoms with van der Waals surface area (Å²) in [5.74, 6) is 1.86. The van der Waals surface area contributed by atoms with Crippen LogP contribution in [-0.2, 0) is 0 Å². The molecular formula is C47H29N3O. The van der Waals surface area contributed by atoms with E-state index in [1.165, 1.54) is 32.7 Å². The quantitative estimate of drug-likeness (QED) is 0.186. The van der Waals surface area contributed by atoms with Crippen LogP contribution in [-0.4, -0.2) is 15.0 Å². The van der Waals surface area contributed by atoms with Crippen molar-refractivity contribution in [3.05, 3.63) is 176 Å². The van der Waals surface area contributed by atoms with Crippen LogP contribution >= 0.6 is 0 Å². The summed E-state index contributed by atoms with van der Waals surface area (Å²) in [7, 11) is 0. The van der Waals surface area contributed by atoms with E-state index in [1.54, 1.807) is 0 Å². The Morgan fingerprint density at radius 3 is 1.65 bits per heavy atom. The second kappa shape index (κ2) is 11.9. The van der Waals surface area contributed by atoms with Crippen molar-refractivity contribution in [3.8, 4) is 56.4 Å². The minimum Gasteiger partial charge on any atom is -0.456 e. The van der Waals surface area contributed by atoms with E-state index >= 15 is 0 Å². The summed E-state index contributed by atoms with van der Waals surface area (Å²) in [6.45, 7) is 0. The maximum atomic E-state index is 6.42. The molecule has 0 atom stereocenters. The maximum Gasteiger partial charge on any atom is 0.164 e. The van der Waals surface area contributed by atoms with Gasteiger partial charge in [0, 0.05) is 27.5 Å². The number of furan rings is 1. The molecule has 0 fully saturated rings. The smallest absolute Gasteiger partial charge is 0.164 e. The number of benzene rings is 8. The Kier molecular flexibility index (Phi) is 6.78. The van der Waals surface area contributed by atoms with Gasteiger partial charge in [-0.1, -0.05) is 146 Å². The fraction of sp³-hybridized carbons (Fsp3) is 0. The summed E-state index contributed by atoms with van der Waals surface area (Å²) in [5, 5.41) is 6.92. The summed E-state index contributed by atoms with van der Waals surface area (Å²) >= 11 is 0. The lowest BCUT2D eigenvalue weighted by Gasteiger charge is -2.10. The van der Waals surface area contributed by atoms with Gasteiger partial charge in [-0.15, -0.1) is 0 Å². The zero-order valence-corrected chi connectivity index (χ0v) is 27.5. The molecule has 0 aliphatic heterocycles. The molecule has 10 aromatic rings. The largest absolute Gasteiger partial charge is 0.456 e. The van der Waals surface area contributed by atoms with Gasteiger partial charge in [-0.2, -0.15) is 0 Å². The van der Waals surface area contributed by atoms with Crippen molar-refractivity contribution >= 4 is 43.5 Å². The lowest BCUT2D eigenvalue weighted by atomic mass is 9.94. The molecule has 2 heterocycles. The third-order valence-corrected chi connectivity index (χ3v) is 9.71. The van der Waals surface area contributed by atoms with Crippen molar-refractivity contribution in [1.29, 1.82) is 0 Å². The van der Waals surface area contributed by atoms with E-state index in [-0.39, 0.29) is 0 Å². The van der Waals surface area contributed by atoms with Crippen LogP contribution in [0.25, 0.3) is 99.9 Å². The molecule has 0 amide bonds. The number of hydrogen-bond donors (Lipinski definition) is 0. The Labute approximate surface area is 294 Å². The van der Waals surface area contributed by atoms with Crippen molar-refractivity contribution in [2.24, 2.45) is 0 Å². The lowest BCUT2D eigenvalue weighted by molar-refractivity contribution is 0.669. The standard InChI is InChI=1S/C47H29N3O/c1-3-12-31(13-4-1)45-48-46(32-14-5-2-6-15-32)50-47(49-45)40-19-10-20-43-44(40)41-29-36(25-26-42(41)51-43)34-21-22-35-28-37(24-23-33(35)27-34)39-18-9-16-30-11-7-8-17-38(30)39/h1-29H. The molecule has 0 unspecified atom stereocenters. The molecule has 0 bridgehead atoms. The first-order valence-corrected chi connectivity index (χ1v) is 17.1. The van der Waals surface area contributed by atoms with Gasteiger partial charge in [0.25, 0.3) is 0 Å². The highest BCUT2D eigenvalue weighted by Crippen LogP contribution is 2.39. The summed E-state index contributed by atoms with van der Waals surface area (Å²) in [5.41, 5.74) is 9.12. The van der Waals surface area contributed by atoms with Gasteiger partial charge in [0.2, 0.25) is 0 Å². The molecule has 0 spiro atoms. The molecule has 8 aromatic carbocycles. The Morgan fingerprint density at radius 2 is 0.882 bits per heavy atom. The van der Waals surface area contributed by atoms with E-state index in [9.17, 15) is 0 Å². The molecular weight excluding hydrogens is 623 g/mol. The van der Waals surface area contributed by atoms with Crippen LogP contribution in [0.1, 0.15) is 0 Å². The summed E-state index contributed by atoms with van der Waals surface area (Å²) < 4.78 is 6.42. The molecule has 0 saturated carbocycles. The van der Waals surface area contributed by atoms with Crippen LogP contribution in [0.4, 0.5) is 0 Å². The number of rotatable bonds is 5. The molecule has 51 heavy (non-hydrogen) atoms. The summed E-state index contributed by atoms with van der Waals surface area (Å²) in [6.07, 6.45) is 0. The molecule has 4 heteroatoms. The van der Waals surface area contributed by atoms with Crippen LogP contribution < -0.4 is 0 Å². The minimum atomic E-state index is 0.606. The molecule has 2 aromatic heterocycles. The van der Waals surface area contributed by atoms with Crippen LogP contribution in [0, 0.1) is 0 Å². The van der Waals surface area contributed by atoms with Gasteiger partial charge in [-0.3, -0.25) is 0 Å². The first-order valence-electron chi connectivity index (χ1n) is 17.1. The molecule has 0 aliphatic carbocycles. The summed E-state index contributed by atoms with van der Waals surface area (Å²) in [6, 6.07) is 61.2. The molecule has 10 rings (SSSR count). The highest BCUT2D eigenvalue weighted by molar-refractivity contribution is 6.13. The number of nitrogens with zero attached hydrogens (tertiary/aromatic N) is 3. The van der Waals surface area contributed by atoms with E-state index in [4.69, 9.17) is 19.4 Å². The average molecular weight is 652 g/mol. The monoisotopic (exact) mass is 651 g/mol.